The van der Waals surface area contributed by atoms with E-state index in [2.05, 4.69) is 13.2 Å². The van der Waals surface area contributed by atoms with Gasteiger partial charge in [-0.15, -0.1) is 13.2 Å². The van der Waals surface area contributed by atoms with Gasteiger partial charge in [-0.2, -0.15) is 0 Å². The highest BCUT2D eigenvalue weighted by molar-refractivity contribution is 6.05. The number of amides is 2. The Morgan fingerprint density at radius 1 is 1.19 bits per heavy atom. The van der Waals surface area contributed by atoms with Crippen LogP contribution in [0.15, 0.2) is 67.8 Å². The van der Waals surface area contributed by atoms with Crippen molar-refractivity contribution in [2.75, 3.05) is 24.7 Å². The lowest BCUT2D eigenvalue weighted by atomic mass is 9.66. The standard InChI is InChI=1S/C34H42N2O6/c1-6-9-19-41-32(40)28-27-30(38)36(26(21-37)22(4)8-3)29(34(27)17-16-33(28,5)42-34)31(39)35(18-7-2)25-15-14-23-12-10-11-13-24(23)20-25/h6-7,10-15,20,22,26-29,37H,1-2,8-9,16-19,21H2,3-5H3/t22-,26-,27-,28+,29?,33-,34?/m0/s1. The van der Waals surface area contributed by atoms with Crippen molar-refractivity contribution < 1.29 is 29.0 Å². The van der Waals surface area contributed by atoms with E-state index >= 15 is 0 Å². The number of carbonyl (C=O) groups is 3. The van der Waals surface area contributed by atoms with Crippen LogP contribution in [-0.2, 0) is 23.9 Å². The Bertz CT molecular complexity index is 1390. The molecule has 3 aliphatic rings. The highest BCUT2D eigenvalue weighted by Gasteiger charge is 2.79. The molecule has 0 aromatic heterocycles. The van der Waals surface area contributed by atoms with Gasteiger partial charge in [-0.1, -0.05) is 62.8 Å². The summed E-state index contributed by atoms with van der Waals surface area (Å²) in [7, 11) is 0. The lowest BCUT2D eigenvalue weighted by molar-refractivity contribution is -0.160. The first-order valence-corrected chi connectivity index (χ1v) is 15.0. The fraction of sp³-hybridized carbons (Fsp3) is 0.500. The summed E-state index contributed by atoms with van der Waals surface area (Å²) in [5.74, 6) is -2.97. The van der Waals surface area contributed by atoms with E-state index in [0.717, 1.165) is 10.8 Å². The van der Waals surface area contributed by atoms with Crippen molar-refractivity contribution in [1.82, 2.24) is 4.90 Å². The van der Waals surface area contributed by atoms with Crippen LogP contribution in [0.1, 0.15) is 46.5 Å². The number of anilines is 1. The molecular weight excluding hydrogens is 532 g/mol. The number of hydrogen-bond donors (Lipinski definition) is 1. The minimum Gasteiger partial charge on any atom is -0.465 e. The number of likely N-dealkylation sites (tertiary alicyclic amines) is 1. The van der Waals surface area contributed by atoms with Gasteiger partial charge in [0.25, 0.3) is 5.91 Å². The molecule has 1 N–H and O–H groups in total. The summed E-state index contributed by atoms with van der Waals surface area (Å²) in [6.07, 6.45) is 5.48. The molecule has 0 radical (unpaired) electrons. The van der Waals surface area contributed by atoms with E-state index in [-0.39, 0.29) is 37.5 Å². The van der Waals surface area contributed by atoms with Gasteiger partial charge in [0.2, 0.25) is 5.91 Å². The summed E-state index contributed by atoms with van der Waals surface area (Å²) in [4.78, 5) is 46.1. The van der Waals surface area contributed by atoms with Crippen molar-refractivity contribution in [2.45, 2.75) is 69.7 Å². The molecule has 3 fully saturated rings. The van der Waals surface area contributed by atoms with Gasteiger partial charge in [0, 0.05) is 12.2 Å². The van der Waals surface area contributed by atoms with E-state index in [1.165, 1.54) is 0 Å². The first-order chi connectivity index (χ1) is 20.2. The van der Waals surface area contributed by atoms with Crippen LogP contribution in [0.4, 0.5) is 5.69 Å². The molecule has 8 nitrogen and oxygen atoms in total. The van der Waals surface area contributed by atoms with Crippen LogP contribution in [-0.4, -0.2) is 70.8 Å². The number of rotatable bonds is 12. The van der Waals surface area contributed by atoms with Gasteiger partial charge in [0.15, 0.2) is 0 Å². The number of esters is 1. The second kappa shape index (κ2) is 11.7. The van der Waals surface area contributed by atoms with Crippen LogP contribution in [0.2, 0.25) is 0 Å². The number of aliphatic hydroxyl groups excluding tert-OH is 1. The number of ether oxygens (including phenoxy) is 2. The molecule has 8 heteroatoms. The van der Waals surface area contributed by atoms with Gasteiger partial charge < -0.3 is 24.4 Å². The monoisotopic (exact) mass is 574 g/mol. The van der Waals surface area contributed by atoms with Gasteiger partial charge in [-0.3, -0.25) is 14.4 Å². The molecule has 3 saturated heterocycles. The molecule has 224 valence electrons. The fourth-order valence-electron chi connectivity index (χ4n) is 7.45. The average Bonchev–Trinajstić information content (AvgIpc) is 3.56. The third kappa shape index (κ3) is 4.65. The van der Waals surface area contributed by atoms with Gasteiger partial charge >= 0.3 is 5.97 Å². The SMILES string of the molecule is C=CCCOC(=O)[C@H]1[C@H]2C(=O)N([C@@H](CO)[C@@H](C)CC)C(C(=O)N(CC=C)c3ccc4ccccc4c3)C23CC[C@]1(C)O3. The zero-order valence-corrected chi connectivity index (χ0v) is 24.8. The Hall–Kier alpha value is -3.49. The molecule has 1 spiro atoms. The molecular formula is C34H42N2O6. The Balaban J connectivity index is 1.62. The van der Waals surface area contributed by atoms with E-state index in [9.17, 15) is 19.5 Å². The van der Waals surface area contributed by atoms with E-state index < -0.39 is 41.1 Å². The minimum atomic E-state index is -1.22. The number of nitrogens with zero attached hydrogens (tertiary/aromatic N) is 2. The zero-order valence-electron chi connectivity index (χ0n) is 24.8. The summed E-state index contributed by atoms with van der Waals surface area (Å²) >= 11 is 0. The molecule has 5 rings (SSSR count). The van der Waals surface area contributed by atoms with Crippen LogP contribution >= 0.6 is 0 Å². The quantitative estimate of drug-likeness (QED) is 0.225. The third-order valence-corrected chi connectivity index (χ3v) is 9.74. The van der Waals surface area contributed by atoms with Gasteiger partial charge in [-0.25, -0.2) is 0 Å². The fourth-order valence-corrected chi connectivity index (χ4v) is 7.45. The predicted molar refractivity (Wildman–Crippen MR) is 162 cm³/mol. The van der Waals surface area contributed by atoms with Crippen molar-refractivity contribution in [3.63, 3.8) is 0 Å². The summed E-state index contributed by atoms with van der Waals surface area (Å²) in [5, 5.41) is 12.6. The number of hydrogen-bond acceptors (Lipinski definition) is 6. The molecule has 2 aromatic carbocycles. The first kappa shape index (κ1) is 30.0. The Kier molecular flexibility index (Phi) is 8.32. The molecule has 2 aromatic rings. The highest BCUT2D eigenvalue weighted by Crippen LogP contribution is 2.64. The van der Waals surface area contributed by atoms with Crippen LogP contribution in [0.3, 0.4) is 0 Å². The maximum atomic E-state index is 14.9. The van der Waals surface area contributed by atoms with Crippen molar-refractivity contribution >= 4 is 34.2 Å². The Labute approximate surface area is 248 Å². The van der Waals surface area contributed by atoms with Crippen molar-refractivity contribution in [2.24, 2.45) is 17.8 Å². The van der Waals surface area contributed by atoms with Gasteiger partial charge in [-0.05, 0) is 55.0 Å². The Morgan fingerprint density at radius 3 is 2.60 bits per heavy atom. The van der Waals surface area contributed by atoms with Gasteiger partial charge in [0.05, 0.1) is 30.8 Å². The average molecular weight is 575 g/mol. The topological polar surface area (TPSA) is 96.4 Å². The predicted octanol–water partition coefficient (Wildman–Crippen LogP) is 4.65. The molecule has 3 heterocycles. The van der Waals surface area contributed by atoms with E-state index in [0.29, 0.717) is 31.4 Å². The molecule has 2 bridgehead atoms. The van der Waals surface area contributed by atoms with Crippen molar-refractivity contribution in [3.8, 4) is 0 Å². The molecule has 2 unspecified atom stereocenters. The normalized spacial score (nSPS) is 29.3. The smallest absolute Gasteiger partial charge is 0.312 e. The summed E-state index contributed by atoms with van der Waals surface area (Å²) < 4.78 is 12.4. The molecule has 42 heavy (non-hydrogen) atoms. The van der Waals surface area contributed by atoms with E-state index in [4.69, 9.17) is 9.47 Å². The van der Waals surface area contributed by atoms with E-state index in [1.807, 2.05) is 63.2 Å². The number of fused-ring (bicyclic) bond motifs is 2. The molecule has 2 amide bonds. The lowest BCUT2D eigenvalue weighted by Gasteiger charge is -2.41. The van der Waals surface area contributed by atoms with Crippen LogP contribution in [0, 0.1) is 17.8 Å². The highest BCUT2D eigenvalue weighted by atomic mass is 16.6. The molecule has 0 aliphatic carbocycles. The third-order valence-electron chi connectivity index (χ3n) is 9.74. The van der Waals surface area contributed by atoms with Crippen LogP contribution < -0.4 is 4.90 Å². The van der Waals surface area contributed by atoms with Crippen molar-refractivity contribution in [1.29, 1.82) is 0 Å². The van der Waals surface area contributed by atoms with Gasteiger partial charge in [0.1, 0.15) is 17.6 Å². The van der Waals surface area contributed by atoms with Crippen LogP contribution in [0.25, 0.3) is 10.8 Å². The maximum Gasteiger partial charge on any atom is 0.312 e. The van der Waals surface area contributed by atoms with E-state index in [1.54, 1.807) is 22.0 Å². The zero-order chi connectivity index (χ0) is 30.2. The largest absolute Gasteiger partial charge is 0.465 e. The number of aliphatic hydroxyl groups is 1. The van der Waals surface area contributed by atoms with Crippen molar-refractivity contribution in [3.05, 3.63) is 67.8 Å². The first-order valence-electron chi connectivity index (χ1n) is 15.0. The Morgan fingerprint density at radius 2 is 1.93 bits per heavy atom. The van der Waals surface area contributed by atoms with Crippen LogP contribution in [0.5, 0.6) is 0 Å². The maximum absolute atomic E-state index is 14.9. The second-order valence-corrected chi connectivity index (χ2v) is 12.1. The molecule has 7 atom stereocenters. The lowest BCUT2D eigenvalue weighted by Crippen LogP contribution is -2.60. The summed E-state index contributed by atoms with van der Waals surface area (Å²) in [6.45, 7) is 13.5. The number of benzene rings is 2. The molecule has 3 aliphatic heterocycles. The number of carbonyl (C=O) groups excluding carboxylic acids is 3. The summed E-state index contributed by atoms with van der Waals surface area (Å²) in [6, 6.07) is 12.1. The minimum absolute atomic E-state index is 0.0937. The molecule has 0 saturated carbocycles. The summed E-state index contributed by atoms with van der Waals surface area (Å²) in [5.41, 5.74) is -1.48. The second-order valence-electron chi connectivity index (χ2n) is 12.1.